The van der Waals surface area contributed by atoms with Crippen LogP contribution >= 0.6 is 0 Å². The number of H-pyrrole nitrogens is 1. The van der Waals surface area contributed by atoms with Crippen LogP contribution in [0.25, 0.3) is 10.9 Å². The number of fused-ring (bicyclic) bond motifs is 3. The predicted molar refractivity (Wildman–Crippen MR) is 87.8 cm³/mol. The van der Waals surface area contributed by atoms with Crippen LogP contribution < -0.4 is 5.32 Å². The second-order valence-electron chi connectivity index (χ2n) is 6.06. The molecule has 0 amide bonds. The average Bonchev–Trinajstić information content (AvgIpc) is 2.86. The number of benzene rings is 2. The van der Waals surface area contributed by atoms with Crippen LogP contribution in [0.5, 0.6) is 0 Å². The Morgan fingerprint density at radius 3 is 2.76 bits per heavy atom. The molecule has 2 heterocycles. The molecule has 4 rings (SSSR count). The number of aryl methyl sites for hydroxylation is 2. The second-order valence-corrected chi connectivity index (χ2v) is 6.06. The van der Waals surface area contributed by atoms with Crippen molar-refractivity contribution in [3.8, 4) is 0 Å². The lowest BCUT2D eigenvalue weighted by molar-refractivity contribution is 0.558. The first-order valence-corrected chi connectivity index (χ1v) is 7.64. The van der Waals surface area contributed by atoms with Gasteiger partial charge in [0.1, 0.15) is 0 Å². The summed E-state index contributed by atoms with van der Waals surface area (Å²) in [6, 6.07) is 15.6. The third-order valence-electron chi connectivity index (χ3n) is 4.61. The minimum Gasteiger partial charge on any atom is -0.357 e. The van der Waals surface area contributed by atoms with Crippen molar-refractivity contribution in [3.05, 3.63) is 70.4 Å². The van der Waals surface area contributed by atoms with E-state index in [2.05, 4.69) is 66.6 Å². The van der Waals surface area contributed by atoms with Crippen molar-refractivity contribution in [2.75, 3.05) is 6.54 Å². The lowest BCUT2D eigenvalue weighted by atomic mass is 9.92. The first-order valence-electron chi connectivity index (χ1n) is 7.64. The molecule has 21 heavy (non-hydrogen) atoms. The van der Waals surface area contributed by atoms with Gasteiger partial charge >= 0.3 is 0 Å². The van der Waals surface area contributed by atoms with Gasteiger partial charge in [0.2, 0.25) is 0 Å². The summed E-state index contributed by atoms with van der Waals surface area (Å²) >= 11 is 0. The van der Waals surface area contributed by atoms with Crippen molar-refractivity contribution in [1.82, 2.24) is 10.3 Å². The first-order chi connectivity index (χ1) is 10.2. The molecule has 2 nitrogen and oxygen atoms in total. The molecule has 1 aliphatic rings. The molecule has 2 heteroatoms. The van der Waals surface area contributed by atoms with E-state index in [-0.39, 0.29) is 6.04 Å². The quantitative estimate of drug-likeness (QED) is 0.690. The Bertz CT molecular complexity index is 814. The minimum absolute atomic E-state index is 0.280. The Balaban J connectivity index is 1.92. The maximum absolute atomic E-state index is 3.68. The van der Waals surface area contributed by atoms with Crippen molar-refractivity contribution in [3.63, 3.8) is 0 Å². The summed E-state index contributed by atoms with van der Waals surface area (Å²) in [7, 11) is 0. The molecule has 1 aliphatic heterocycles. The number of hydrogen-bond donors (Lipinski definition) is 2. The highest BCUT2D eigenvalue weighted by molar-refractivity contribution is 5.86. The van der Waals surface area contributed by atoms with E-state index < -0.39 is 0 Å². The number of aromatic amines is 1. The smallest absolute Gasteiger partial charge is 0.0734 e. The minimum atomic E-state index is 0.280. The Labute approximate surface area is 125 Å². The van der Waals surface area contributed by atoms with Crippen LogP contribution in [0, 0.1) is 13.8 Å². The van der Waals surface area contributed by atoms with Gasteiger partial charge in [0.25, 0.3) is 0 Å². The molecule has 0 radical (unpaired) electrons. The van der Waals surface area contributed by atoms with Crippen molar-refractivity contribution >= 4 is 10.9 Å². The topological polar surface area (TPSA) is 27.8 Å². The highest BCUT2D eigenvalue weighted by Crippen LogP contribution is 2.34. The largest absolute Gasteiger partial charge is 0.357 e. The molecule has 0 aliphatic carbocycles. The second kappa shape index (κ2) is 4.74. The Kier molecular flexibility index (Phi) is 2.86. The predicted octanol–water partition coefficient (Wildman–Crippen LogP) is 4.02. The fourth-order valence-corrected chi connectivity index (χ4v) is 3.52. The van der Waals surface area contributed by atoms with Gasteiger partial charge in [0, 0.05) is 23.1 Å². The zero-order chi connectivity index (χ0) is 14.4. The molecule has 0 bridgehead atoms. The van der Waals surface area contributed by atoms with E-state index in [1.807, 2.05) is 0 Å². The Morgan fingerprint density at radius 1 is 1.05 bits per heavy atom. The van der Waals surface area contributed by atoms with E-state index >= 15 is 0 Å². The maximum atomic E-state index is 3.68. The van der Waals surface area contributed by atoms with Crippen LogP contribution in [0.15, 0.2) is 42.5 Å². The number of hydrogen-bond acceptors (Lipinski definition) is 1. The summed E-state index contributed by atoms with van der Waals surface area (Å²) in [6.07, 6.45) is 1.10. The zero-order valence-electron chi connectivity index (χ0n) is 12.5. The fraction of sp³-hybridized carbons (Fsp3) is 0.263. The van der Waals surface area contributed by atoms with Crippen LogP contribution in [0.2, 0.25) is 0 Å². The van der Waals surface area contributed by atoms with Gasteiger partial charge in [-0.1, -0.05) is 35.9 Å². The molecule has 1 aromatic heterocycles. The molecule has 2 N–H and O–H groups in total. The third kappa shape index (κ3) is 1.98. The molecule has 0 spiro atoms. The normalized spacial score (nSPS) is 17.9. The van der Waals surface area contributed by atoms with Gasteiger partial charge in [-0.3, -0.25) is 0 Å². The summed E-state index contributed by atoms with van der Waals surface area (Å²) < 4.78 is 0. The standard InChI is InChI=1S/C19H20N2/c1-12-7-8-17-16(11-12)15-9-10-20-18(19(15)21-17)14-6-4-3-5-13(14)2/h3-8,11,18,20-21H,9-10H2,1-2H3. The number of rotatable bonds is 1. The van der Waals surface area contributed by atoms with Crippen LogP contribution in [0.1, 0.15) is 34.0 Å². The highest BCUT2D eigenvalue weighted by Gasteiger charge is 2.25. The summed E-state index contributed by atoms with van der Waals surface area (Å²) in [5, 5.41) is 5.07. The summed E-state index contributed by atoms with van der Waals surface area (Å²) in [6.45, 7) is 5.39. The van der Waals surface area contributed by atoms with E-state index in [1.54, 1.807) is 0 Å². The summed E-state index contributed by atoms with van der Waals surface area (Å²) in [5.74, 6) is 0. The monoisotopic (exact) mass is 276 g/mol. The van der Waals surface area contributed by atoms with Gasteiger partial charge in [0.05, 0.1) is 6.04 Å². The molecule has 0 saturated heterocycles. The van der Waals surface area contributed by atoms with E-state index in [0.29, 0.717) is 0 Å². The van der Waals surface area contributed by atoms with E-state index in [4.69, 9.17) is 0 Å². The van der Waals surface area contributed by atoms with Crippen molar-refractivity contribution in [2.24, 2.45) is 0 Å². The van der Waals surface area contributed by atoms with Crippen LogP contribution in [0.3, 0.4) is 0 Å². The van der Waals surface area contributed by atoms with E-state index in [1.165, 1.54) is 38.9 Å². The highest BCUT2D eigenvalue weighted by atomic mass is 15.0. The number of nitrogens with one attached hydrogen (secondary N) is 2. The molecular weight excluding hydrogens is 256 g/mol. The number of aromatic nitrogens is 1. The van der Waals surface area contributed by atoms with Crippen molar-refractivity contribution in [2.45, 2.75) is 26.3 Å². The van der Waals surface area contributed by atoms with Gasteiger partial charge in [-0.05, 0) is 49.1 Å². The van der Waals surface area contributed by atoms with Gasteiger partial charge in [0.15, 0.2) is 0 Å². The molecule has 106 valence electrons. The first kappa shape index (κ1) is 12.7. The van der Waals surface area contributed by atoms with Gasteiger partial charge in [-0.25, -0.2) is 0 Å². The molecule has 1 unspecified atom stereocenters. The lowest BCUT2D eigenvalue weighted by Gasteiger charge is -2.26. The molecule has 3 aromatic rings. The van der Waals surface area contributed by atoms with Gasteiger partial charge < -0.3 is 10.3 Å². The fourth-order valence-electron chi connectivity index (χ4n) is 3.52. The Morgan fingerprint density at radius 2 is 1.90 bits per heavy atom. The molecule has 2 aromatic carbocycles. The van der Waals surface area contributed by atoms with Crippen molar-refractivity contribution in [1.29, 1.82) is 0 Å². The molecule has 1 atom stereocenters. The summed E-state index contributed by atoms with van der Waals surface area (Å²) in [4.78, 5) is 3.66. The molecule has 0 saturated carbocycles. The molecular formula is C19H20N2. The van der Waals surface area contributed by atoms with Crippen LogP contribution in [-0.4, -0.2) is 11.5 Å². The third-order valence-corrected chi connectivity index (χ3v) is 4.61. The average molecular weight is 276 g/mol. The van der Waals surface area contributed by atoms with E-state index in [9.17, 15) is 0 Å². The lowest BCUT2D eigenvalue weighted by Crippen LogP contribution is -2.30. The zero-order valence-corrected chi connectivity index (χ0v) is 12.5. The SMILES string of the molecule is Cc1ccc2[nH]c3c(c2c1)CCNC3c1ccccc1C. The molecule has 0 fully saturated rings. The van der Waals surface area contributed by atoms with Crippen LogP contribution in [-0.2, 0) is 6.42 Å². The van der Waals surface area contributed by atoms with Gasteiger partial charge in [-0.2, -0.15) is 0 Å². The van der Waals surface area contributed by atoms with Crippen molar-refractivity contribution < 1.29 is 0 Å². The maximum Gasteiger partial charge on any atom is 0.0734 e. The Hall–Kier alpha value is -2.06. The van der Waals surface area contributed by atoms with Crippen LogP contribution in [0.4, 0.5) is 0 Å². The van der Waals surface area contributed by atoms with E-state index in [0.717, 1.165) is 13.0 Å². The van der Waals surface area contributed by atoms with Gasteiger partial charge in [-0.15, -0.1) is 0 Å². The summed E-state index contributed by atoms with van der Waals surface area (Å²) in [5.41, 5.74) is 8.14.